The van der Waals surface area contributed by atoms with E-state index in [9.17, 15) is 23.1 Å². The van der Waals surface area contributed by atoms with E-state index in [-0.39, 0.29) is 23.6 Å². The molecule has 2 aromatic carbocycles. The molecule has 7 nitrogen and oxygen atoms in total. The van der Waals surface area contributed by atoms with E-state index in [1.165, 1.54) is 22.8 Å². The molecule has 2 aliphatic heterocycles. The number of nitrogens with one attached hydrogen (secondary N) is 2. The summed E-state index contributed by atoms with van der Waals surface area (Å²) >= 11 is 0. The summed E-state index contributed by atoms with van der Waals surface area (Å²) in [4.78, 5) is 16.0. The van der Waals surface area contributed by atoms with Crippen LogP contribution >= 0.6 is 0 Å². The van der Waals surface area contributed by atoms with Crippen molar-refractivity contribution < 1.29 is 27.8 Å². The van der Waals surface area contributed by atoms with Gasteiger partial charge in [-0.1, -0.05) is 12.1 Å². The van der Waals surface area contributed by atoms with Gasteiger partial charge in [0.05, 0.1) is 37.8 Å². The number of amides is 1. The van der Waals surface area contributed by atoms with Crippen LogP contribution in [0.3, 0.4) is 0 Å². The molecule has 1 amide bonds. The van der Waals surface area contributed by atoms with Gasteiger partial charge in [-0.05, 0) is 47.9 Å². The molecule has 1 fully saturated rings. The second-order valence-electron chi connectivity index (χ2n) is 8.89. The first-order valence-corrected chi connectivity index (χ1v) is 10.7. The molecule has 2 aliphatic rings. The molecular formula is C24H25F3N4O3. The van der Waals surface area contributed by atoms with Gasteiger partial charge >= 0.3 is 6.18 Å². The molecule has 0 spiro atoms. The predicted molar refractivity (Wildman–Crippen MR) is 120 cm³/mol. The SMILES string of the molecule is CC(O)c1cc(N2Cc3ccc(C4(CC(=N)N(C)C=N)COC4)cc3C2=O)cc(C(F)(F)F)c1. The maximum atomic E-state index is 13.4. The number of aliphatic hydroxyl groups is 1. The number of fused-ring (bicyclic) bond motifs is 1. The maximum Gasteiger partial charge on any atom is 0.416 e. The Balaban J connectivity index is 1.67. The smallest absolute Gasteiger partial charge is 0.389 e. The number of benzene rings is 2. The molecule has 180 valence electrons. The van der Waals surface area contributed by atoms with Crippen LogP contribution in [0.25, 0.3) is 0 Å². The van der Waals surface area contributed by atoms with Crippen LogP contribution in [-0.4, -0.2) is 48.3 Å². The van der Waals surface area contributed by atoms with E-state index in [2.05, 4.69) is 0 Å². The van der Waals surface area contributed by atoms with Gasteiger partial charge in [-0.2, -0.15) is 13.2 Å². The Kier molecular flexibility index (Phi) is 5.99. The molecule has 0 saturated carbocycles. The summed E-state index contributed by atoms with van der Waals surface area (Å²) in [6.45, 7) is 2.22. The van der Waals surface area contributed by atoms with E-state index < -0.39 is 29.2 Å². The Morgan fingerprint density at radius 1 is 1.29 bits per heavy atom. The molecule has 0 aliphatic carbocycles. The average Bonchev–Trinajstić information content (AvgIpc) is 3.10. The number of anilines is 1. The van der Waals surface area contributed by atoms with Crippen molar-refractivity contribution in [3.8, 4) is 0 Å². The third-order valence-corrected chi connectivity index (χ3v) is 6.47. The maximum absolute atomic E-state index is 13.4. The standard InChI is InChI=1S/C24H25F3N4O3/c1-14(32)16-5-18(24(25,26)27)7-19(6-16)31-10-15-3-4-17(8-20(15)22(31)33)23(11-34-12-23)9-21(29)30(2)13-28/h3-8,13-14,28-29,32H,9-12H2,1-2H3. The van der Waals surface area contributed by atoms with E-state index in [1.807, 2.05) is 6.07 Å². The molecule has 2 heterocycles. The number of carbonyl (C=O) groups excluding carboxylic acids is 1. The fraction of sp³-hybridized carbons (Fsp3) is 0.375. The summed E-state index contributed by atoms with van der Waals surface area (Å²) in [6.07, 6.45) is -4.37. The summed E-state index contributed by atoms with van der Waals surface area (Å²) in [5.41, 5.74) is 0.610. The number of halogens is 3. The van der Waals surface area contributed by atoms with Crippen molar-refractivity contribution in [3.63, 3.8) is 0 Å². The van der Waals surface area contributed by atoms with E-state index in [0.717, 1.165) is 24.0 Å². The summed E-state index contributed by atoms with van der Waals surface area (Å²) < 4.78 is 45.8. The second-order valence-corrected chi connectivity index (χ2v) is 8.89. The fourth-order valence-electron chi connectivity index (χ4n) is 4.28. The Morgan fingerprint density at radius 2 is 2.00 bits per heavy atom. The van der Waals surface area contributed by atoms with Crippen molar-refractivity contribution in [1.82, 2.24) is 4.90 Å². The monoisotopic (exact) mass is 474 g/mol. The van der Waals surface area contributed by atoms with E-state index >= 15 is 0 Å². The third kappa shape index (κ3) is 4.19. The lowest BCUT2D eigenvalue weighted by atomic mass is 9.74. The zero-order valence-corrected chi connectivity index (χ0v) is 18.7. The Hall–Kier alpha value is -3.24. The Bertz CT molecular complexity index is 1160. The van der Waals surface area contributed by atoms with Crippen LogP contribution < -0.4 is 4.90 Å². The first-order valence-electron chi connectivity index (χ1n) is 10.7. The summed E-state index contributed by atoms with van der Waals surface area (Å²) in [7, 11) is 1.61. The largest absolute Gasteiger partial charge is 0.416 e. The summed E-state index contributed by atoms with van der Waals surface area (Å²) in [6, 6.07) is 8.60. The third-order valence-electron chi connectivity index (χ3n) is 6.47. The number of ether oxygens (including phenoxy) is 1. The number of carbonyl (C=O) groups is 1. The molecular weight excluding hydrogens is 449 g/mol. The topological polar surface area (TPSA) is 101 Å². The molecule has 34 heavy (non-hydrogen) atoms. The summed E-state index contributed by atoms with van der Waals surface area (Å²) in [5, 5.41) is 25.5. The molecule has 0 aromatic heterocycles. The lowest BCUT2D eigenvalue weighted by molar-refractivity contribution is -0.137. The van der Waals surface area contributed by atoms with Crippen molar-refractivity contribution in [2.75, 3.05) is 25.2 Å². The molecule has 1 saturated heterocycles. The van der Waals surface area contributed by atoms with Gasteiger partial charge in [0.15, 0.2) is 0 Å². The van der Waals surface area contributed by atoms with Gasteiger partial charge in [0.25, 0.3) is 5.91 Å². The van der Waals surface area contributed by atoms with Crippen molar-refractivity contribution in [3.05, 3.63) is 64.2 Å². The number of rotatable bonds is 6. The minimum atomic E-state index is -4.62. The normalized spacial score (nSPS) is 17.7. The number of hydrogen-bond acceptors (Lipinski definition) is 5. The van der Waals surface area contributed by atoms with Gasteiger partial charge in [0, 0.05) is 30.1 Å². The van der Waals surface area contributed by atoms with Gasteiger partial charge in [0.1, 0.15) is 5.84 Å². The Labute approximate surface area is 194 Å². The molecule has 1 unspecified atom stereocenters. The molecule has 0 bridgehead atoms. The lowest BCUT2D eigenvalue weighted by Gasteiger charge is -2.43. The van der Waals surface area contributed by atoms with Crippen LogP contribution in [0.2, 0.25) is 0 Å². The molecule has 4 rings (SSSR count). The van der Waals surface area contributed by atoms with Gasteiger partial charge in [-0.3, -0.25) is 15.6 Å². The highest BCUT2D eigenvalue weighted by atomic mass is 19.4. The molecule has 10 heteroatoms. The molecule has 0 radical (unpaired) electrons. The fourth-order valence-corrected chi connectivity index (χ4v) is 4.28. The average molecular weight is 474 g/mol. The predicted octanol–water partition coefficient (Wildman–Crippen LogP) is 4.09. The first-order chi connectivity index (χ1) is 15.9. The lowest BCUT2D eigenvalue weighted by Crippen LogP contribution is -2.49. The number of amidine groups is 1. The number of aliphatic hydroxyl groups excluding tert-OH is 1. The van der Waals surface area contributed by atoms with Crippen LogP contribution in [0.15, 0.2) is 36.4 Å². The Morgan fingerprint density at radius 3 is 2.56 bits per heavy atom. The van der Waals surface area contributed by atoms with Gasteiger partial charge in [0.2, 0.25) is 0 Å². The van der Waals surface area contributed by atoms with Crippen molar-refractivity contribution in [2.45, 2.75) is 37.6 Å². The van der Waals surface area contributed by atoms with Gasteiger partial charge in [-0.25, -0.2) is 0 Å². The first kappa shape index (κ1) is 23.9. The van der Waals surface area contributed by atoms with Crippen LogP contribution in [0.1, 0.15) is 52.1 Å². The van der Waals surface area contributed by atoms with E-state index in [0.29, 0.717) is 30.8 Å². The summed E-state index contributed by atoms with van der Waals surface area (Å²) in [5.74, 6) is -0.184. The minimum absolute atomic E-state index is 0.0737. The van der Waals surface area contributed by atoms with E-state index in [4.69, 9.17) is 15.6 Å². The second kappa shape index (κ2) is 8.52. The highest BCUT2D eigenvalue weighted by Gasteiger charge is 2.43. The molecule has 2 aromatic rings. The minimum Gasteiger partial charge on any atom is -0.389 e. The van der Waals surface area contributed by atoms with Crippen molar-refractivity contribution in [1.29, 1.82) is 10.8 Å². The number of alkyl halides is 3. The zero-order valence-electron chi connectivity index (χ0n) is 18.7. The zero-order chi connectivity index (χ0) is 24.8. The quantitative estimate of drug-likeness (QED) is 0.434. The number of nitrogens with zero attached hydrogens (tertiary/aromatic N) is 2. The highest BCUT2D eigenvalue weighted by molar-refractivity contribution is 6.10. The number of hydrogen-bond donors (Lipinski definition) is 3. The van der Waals surface area contributed by atoms with E-state index in [1.54, 1.807) is 19.2 Å². The van der Waals surface area contributed by atoms with Crippen LogP contribution in [0, 0.1) is 10.8 Å². The van der Waals surface area contributed by atoms with Crippen molar-refractivity contribution in [2.24, 2.45) is 0 Å². The van der Waals surface area contributed by atoms with Crippen LogP contribution in [-0.2, 0) is 22.9 Å². The molecule has 3 N–H and O–H groups in total. The highest BCUT2D eigenvalue weighted by Crippen LogP contribution is 2.40. The van der Waals surface area contributed by atoms with Crippen LogP contribution in [0.4, 0.5) is 18.9 Å². The van der Waals surface area contributed by atoms with Crippen LogP contribution in [0.5, 0.6) is 0 Å². The van der Waals surface area contributed by atoms with Gasteiger partial charge in [-0.15, -0.1) is 0 Å². The van der Waals surface area contributed by atoms with Gasteiger partial charge < -0.3 is 19.6 Å². The van der Waals surface area contributed by atoms with Crippen molar-refractivity contribution >= 4 is 23.8 Å². The molecule has 1 atom stereocenters.